The molecule has 1 rings (SSSR count). The molecule has 0 aromatic heterocycles. The molecule has 1 amide bonds. The van der Waals surface area contributed by atoms with Crippen molar-refractivity contribution >= 4 is 35.8 Å². The molecule has 3 N–H and O–H groups in total. The van der Waals surface area contributed by atoms with Crippen molar-refractivity contribution in [2.24, 2.45) is 16.8 Å². The molecule has 0 bridgehead atoms. The highest BCUT2D eigenvalue weighted by atomic mass is 127. The minimum atomic E-state index is 0. The third kappa shape index (κ3) is 8.00. The van der Waals surface area contributed by atoms with Gasteiger partial charge in [-0.25, -0.2) is 0 Å². The molecule has 7 heteroatoms. The van der Waals surface area contributed by atoms with Gasteiger partial charge in [0.05, 0.1) is 6.54 Å². The minimum absolute atomic E-state index is 0. The van der Waals surface area contributed by atoms with Crippen LogP contribution in [-0.4, -0.2) is 61.6 Å². The SMILES string of the molecule is CCNC(=NCCNC(=O)C(C)C)NC1CN(C(C)C)CC1C.I. The van der Waals surface area contributed by atoms with Gasteiger partial charge in [0, 0.05) is 44.2 Å². The number of hydrogen-bond acceptors (Lipinski definition) is 3. The van der Waals surface area contributed by atoms with Crippen LogP contribution < -0.4 is 16.0 Å². The highest BCUT2D eigenvalue weighted by molar-refractivity contribution is 14.0. The van der Waals surface area contributed by atoms with Crippen LogP contribution in [0.3, 0.4) is 0 Å². The molecule has 0 aliphatic carbocycles. The van der Waals surface area contributed by atoms with Crippen molar-refractivity contribution in [3.05, 3.63) is 0 Å². The van der Waals surface area contributed by atoms with Crippen molar-refractivity contribution < 1.29 is 4.79 Å². The Bertz CT molecular complexity index is 400. The van der Waals surface area contributed by atoms with Gasteiger partial charge in [0.2, 0.25) is 5.91 Å². The molecule has 0 spiro atoms. The second-order valence-electron chi connectivity index (χ2n) is 6.98. The third-order valence-electron chi connectivity index (χ3n) is 4.24. The zero-order valence-electron chi connectivity index (χ0n) is 16.1. The van der Waals surface area contributed by atoms with Crippen LogP contribution in [0.25, 0.3) is 0 Å². The molecule has 1 heterocycles. The van der Waals surface area contributed by atoms with E-state index in [9.17, 15) is 4.79 Å². The summed E-state index contributed by atoms with van der Waals surface area (Å²) < 4.78 is 0. The van der Waals surface area contributed by atoms with Crippen LogP contribution in [0.15, 0.2) is 4.99 Å². The van der Waals surface area contributed by atoms with Crippen LogP contribution >= 0.6 is 24.0 Å². The maximum Gasteiger partial charge on any atom is 0.222 e. The van der Waals surface area contributed by atoms with Crippen molar-refractivity contribution in [2.45, 2.75) is 53.6 Å². The van der Waals surface area contributed by atoms with Crippen molar-refractivity contribution in [1.29, 1.82) is 0 Å². The van der Waals surface area contributed by atoms with E-state index in [2.05, 4.69) is 53.5 Å². The smallest absolute Gasteiger partial charge is 0.222 e. The molecule has 0 radical (unpaired) electrons. The van der Waals surface area contributed by atoms with Crippen LogP contribution in [0, 0.1) is 11.8 Å². The molecule has 0 saturated carbocycles. The summed E-state index contributed by atoms with van der Waals surface area (Å²) in [7, 11) is 0. The summed E-state index contributed by atoms with van der Waals surface area (Å²) in [6, 6.07) is 0.996. The number of hydrogen-bond donors (Lipinski definition) is 3. The van der Waals surface area contributed by atoms with E-state index >= 15 is 0 Å². The first-order valence-electron chi connectivity index (χ1n) is 8.91. The quantitative estimate of drug-likeness (QED) is 0.238. The van der Waals surface area contributed by atoms with E-state index in [1.165, 1.54) is 0 Å². The summed E-state index contributed by atoms with van der Waals surface area (Å²) in [6.45, 7) is 16.8. The van der Waals surface area contributed by atoms with E-state index in [-0.39, 0.29) is 35.8 Å². The molecule has 1 fully saturated rings. The monoisotopic (exact) mass is 453 g/mol. The van der Waals surface area contributed by atoms with Gasteiger partial charge >= 0.3 is 0 Å². The normalized spacial score (nSPS) is 21.8. The fraction of sp³-hybridized carbons (Fsp3) is 0.882. The zero-order valence-corrected chi connectivity index (χ0v) is 18.4. The molecule has 6 nitrogen and oxygen atoms in total. The van der Waals surface area contributed by atoms with E-state index < -0.39 is 0 Å². The van der Waals surface area contributed by atoms with Crippen LogP contribution in [0.2, 0.25) is 0 Å². The van der Waals surface area contributed by atoms with E-state index in [0.717, 1.165) is 25.6 Å². The molecular formula is C17H36IN5O. The maximum absolute atomic E-state index is 11.5. The summed E-state index contributed by atoms with van der Waals surface area (Å²) in [5.41, 5.74) is 0. The molecule has 0 aromatic carbocycles. The lowest BCUT2D eigenvalue weighted by Crippen LogP contribution is -2.47. The Hall–Kier alpha value is -0.570. The van der Waals surface area contributed by atoms with E-state index in [0.29, 0.717) is 31.1 Å². The zero-order chi connectivity index (χ0) is 17.4. The Labute approximate surface area is 164 Å². The molecular weight excluding hydrogens is 417 g/mol. The highest BCUT2D eigenvalue weighted by Gasteiger charge is 2.31. The van der Waals surface area contributed by atoms with Gasteiger partial charge in [0.25, 0.3) is 0 Å². The second kappa shape index (κ2) is 11.9. The van der Waals surface area contributed by atoms with Crippen molar-refractivity contribution in [2.75, 3.05) is 32.7 Å². The summed E-state index contributed by atoms with van der Waals surface area (Å²) >= 11 is 0. The number of guanidine groups is 1. The first kappa shape index (κ1) is 23.4. The van der Waals surface area contributed by atoms with E-state index in [1.54, 1.807) is 0 Å². The number of amides is 1. The molecule has 2 unspecified atom stereocenters. The fourth-order valence-corrected chi connectivity index (χ4v) is 2.66. The van der Waals surface area contributed by atoms with Gasteiger partial charge in [0.1, 0.15) is 0 Å². The standard InChI is InChI=1S/C17H35N5O.HI/c1-7-18-17(20-9-8-19-16(23)12(2)3)21-15-11-22(13(4)5)10-14(15)6;/h12-15H,7-11H2,1-6H3,(H,19,23)(H2,18,20,21);1H. The summed E-state index contributed by atoms with van der Waals surface area (Å²) in [4.78, 5) is 18.6. The van der Waals surface area contributed by atoms with Crippen molar-refractivity contribution in [3.63, 3.8) is 0 Å². The first-order valence-corrected chi connectivity index (χ1v) is 8.91. The minimum Gasteiger partial charge on any atom is -0.357 e. The van der Waals surface area contributed by atoms with Crippen molar-refractivity contribution in [3.8, 4) is 0 Å². The summed E-state index contributed by atoms with van der Waals surface area (Å²) in [5.74, 6) is 1.54. The summed E-state index contributed by atoms with van der Waals surface area (Å²) in [6.07, 6.45) is 0. The lowest BCUT2D eigenvalue weighted by Gasteiger charge is -2.22. The number of rotatable bonds is 7. The Kier molecular flexibility index (Phi) is 11.6. The predicted octanol–water partition coefficient (Wildman–Crippen LogP) is 1.66. The van der Waals surface area contributed by atoms with Crippen LogP contribution in [-0.2, 0) is 4.79 Å². The lowest BCUT2D eigenvalue weighted by molar-refractivity contribution is -0.123. The van der Waals surface area contributed by atoms with Crippen LogP contribution in [0.5, 0.6) is 0 Å². The fourth-order valence-electron chi connectivity index (χ4n) is 2.66. The second-order valence-corrected chi connectivity index (χ2v) is 6.98. The molecule has 1 aliphatic heterocycles. The lowest BCUT2D eigenvalue weighted by atomic mass is 10.1. The van der Waals surface area contributed by atoms with E-state index in [1.807, 2.05) is 13.8 Å². The van der Waals surface area contributed by atoms with Gasteiger partial charge < -0.3 is 16.0 Å². The first-order chi connectivity index (χ1) is 10.8. The number of nitrogens with one attached hydrogen (secondary N) is 3. The Morgan fingerprint density at radius 3 is 2.38 bits per heavy atom. The van der Waals surface area contributed by atoms with Crippen molar-refractivity contribution in [1.82, 2.24) is 20.9 Å². The highest BCUT2D eigenvalue weighted by Crippen LogP contribution is 2.18. The predicted molar refractivity (Wildman–Crippen MR) is 112 cm³/mol. The number of aliphatic imine (C=N–C) groups is 1. The largest absolute Gasteiger partial charge is 0.357 e. The number of carbonyl (C=O) groups excluding carboxylic acids is 1. The van der Waals surface area contributed by atoms with Gasteiger partial charge in [-0.2, -0.15) is 0 Å². The number of carbonyl (C=O) groups is 1. The molecule has 24 heavy (non-hydrogen) atoms. The Balaban J connectivity index is 0.00000529. The number of halogens is 1. The van der Waals surface area contributed by atoms with Gasteiger partial charge in [0.15, 0.2) is 5.96 Å². The van der Waals surface area contributed by atoms with E-state index in [4.69, 9.17) is 0 Å². The average molecular weight is 453 g/mol. The molecule has 2 atom stereocenters. The third-order valence-corrected chi connectivity index (χ3v) is 4.24. The topological polar surface area (TPSA) is 68.8 Å². The number of likely N-dealkylation sites (tertiary alicyclic amines) is 1. The average Bonchev–Trinajstić information content (AvgIpc) is 2.84. The molecule has 1 saturated heterocycles. The maximum atomic E-state index is 11.5. The van der Waals surface area contributed by atoms with Gasteiger partial charge in [-0.05, 0) is 26.7 Å². The van der Waals surface area contributed by atoms with Crippen LogP contribution in [0.1, 0.15) is 41.5 Å². The molecule has 142 valence electrons. The Morgan fingerprint density at radius 1 is 1.21 bits per heavy atom. The molecule has 1 aliphatic rings. The molecule has 0 aromatic rings. The Morgan fingerprint density at radius 2 is 1.88 bits per heavy atom. The summed E-state index contributed by atoms with van der Waals surface area (Å²) in [5, 5.41) is 9.73. The van der Waals surface area contributed by atoms with Crippen LogP contribution in [0.4, 0.5) is 0 Å². The van der Waals surface area contributed by atoms with Gasteiger partial charge in [-0.15, -0.1) is 24.0 Å². The number of nitrogens with zero attached hydrogens (tertiary/aromatic N) is 2. The van der Waals surface area contributed by atoms with Gasteiger partial charge in [-0.1, -0.05) is 20.8 Å². The van der Waals surface area contributed by atoms with Gasteiger partial charge in [-0.3, -0.25) is 14.7 Å².